The topological polar surface area (TPSA) is 32.3 Å². The Morgan fingerprint density at radius 2 is 1.41 bits per heavy atom. The Morgan fingerprint density at radius 1 is 0.778 bits per heavy atom. The van der Waals surface area contributed by atoms with Crippen LogP contribution in [0.25, 0.3) is 11.1 Å². The fourth-order valence-electron chi connectivity index (χ4n) is 3.30. The van der Waals surface area contributed by atoms with E-state index in [4.69, 9.17) is 0 Å². The van der Waals surface area contributed by atoms with E-state index in [9.17, 15) is 4.79 Å². The fraction of sp³-hybridized carbons (Fsp3) is 0.174. The molecule has 0 spiro atoms. The molecule has 4 heteroatoms. The van der Waals surface area contributed by atoms with Crippen molar-refractivity contribution in [2.24, 2.45) is 0 Å². The average Bonchev–Trinajstić information content (AvgIpc) is 2.75. The number of carbonyl (C=O) groups is 1. The highest BCUT2D eigenvalue weighted by Crippen LogP contribution is 2.28. The van der Waals surface area contributed by atoms with Gasteiger partial charge in [-0.05, 0) is 35.4 Å². The van der Waals surface area contributed by atoms with Crippen LogP contribution in [0.4, 0.5) is 11.4 Å². The number of benzene rings is 3. The fourth-order valence-corrected chi connectivity index (χ4v) is 4.20. The number of hydrogen-bond donors (Lipinski definition) is 1. The molecule has 1 heterocycles. The van der Waals surface area contributed by atoms with Crippen LogP contribution in [0.1, 0.15) is 10.4 Å². The van der Waals surface area contributed by atoms with Gasteiger partial charge in [0.15, 0.2) is 0 Å². The van der Waals surface area contributed by atoms with E-state index >= 15 is 0 Å². The van der Waals surface area contributed by atoms with Gasteiger partial charge in [0.2, 0.25) is 0 Å². The van der Waals surface area contributed by atoms with Crippen LogP contribution in [-0.4, -0.2) is 30.5 Å². The lowest BCUT2D eigenvalue weighted by Crippen LogP contribution is -2.33. The summed E-state index contributed by atoms with van der Waals surface area (Å²) in [4.78, 5) is 15.1. The van der Waals surface area contributed by atoms with Crippen LogP contribution in [0.15, 0.2) is 78.9 Å². The average molecular weight is 375 g/mol. The van der Waals surface area contributed by atoms with Gasteiger partial charge in [-0.2, -0.15) is 11.8 Å². The van der Waals surface area contributed by atoms with Crippen LogP contribution < -0.4 is 10.2 Å². The molecule has 0 aromatic heterocycles. The Labute approximate surface area is 164 Å². The number of anilines is 2. The maximum atomic E-state index is 12.8. The third kappa shape index (κ3) is 4.17. The van der Waals surface area contributed by atoms with Crippen molar-refractivity contribution in [3.05, 3.63) is 84.4 Å². The van der Waals surface area contributed by atoms with Gasteiger partial charge >= 0.3 is 0 Å². The van der Waals surface area contributed by atoms with E-state index in [1.165, 1.54) is 0 Å². The van der Waals surface area contributed by atoms with Crippen LogP contribution in [0, 0.1) is 0 Å². The predicted molar refractivity (Wildman–Crippen MR) is 116 cm³/mol. The number of hydrogen-bond acceptors (Lipinski definition) is 3. The maximum Gasteiger partial charge on any atom is 0.255 e. The molecule has 0 atom stereocenters. The van der Waals surface area contributed by atoms with Crippen LogP contribution in [0.2, 0.25) is 0 Å². The number of para-hydroxylation sites is 2. The van der Waals surface area contributed by atoms with Gasteiger partial charge in [0.1, 0.15) is 0 Å². The lowest BCUT2D eigenvalue weighted by Gasteiger charge is -2.30. The molecule has 0 bridgehead atoms. The van der Waals surface area contributed by atoms with Crippen molar-refractivity contribution < 1.29 is 4.79 Å². The molecule has 3 aromatic rings. The highest BCUT2D eigenvalue weighted by atomic mass is 32.2. The molecule has 0 aliphatic carbocycles. The molecule has 1 aliphatic rings. The van der Waals surface area contributed by atoms with Crippen LogP contribution in [-0.2, 0) is 0 Å². The number of carbonyl (C=O) groups excluding carboxylic acids is 1. The van der Waals surface area contributed by atoms with E-state index < -0.39 is 0 Å². The number of amides is 1. The molecule has 1 fully saturated rings. The molecule has 1 saturated heterocycles. The molecule has 27 heavy (non-hydrogen) atoms. The van der Waals surface area contributed by atoms with E-state index in [0.29, 0.717) is 5.56 Å². The van der Waals surface area contributed by atoms with Crippen molar-refractivity contribution in [1.82, 2.24) is 0 Å². The van der Waals surface area contributed by atoms with Gasteiger partial charge in [-0.3, -0.25) is 4.79 Å². The van der Waals surface area contributed by atoms with E-state index in [2.05, 4.69) is 28.4 Å². The molecule has 0 saturated carbocycles. The molecule has 0 unspecified atom stereocenters. The lowest BCUT2D eigenvalue weighted by atomic mass is 10.0. The van der Waals surface area contributed by atoms with E-state index in [1.54, 1.807) is 0 Å². The highest BCUT2D eigenvalue weighted by Gasteiger charge is 2.16. The van der Waals surface area contributed by atoms with E-state index in [1.807, 2.05) is 72.4 Å². The first-order valence-electron chi connectivity index (χ1n) is 9.20. The number of thioether (sulfide) groups is 1. The monoisotopic (exact) mass is 374 g/mol. The van der Waals surface area contributed by atoms with Crippen molar-refractivity contribution in [3.63, 3.8) is 0 Å². The largest absolute Gasteiger partial charge is 0.368 e. The minimum atomic E-state index is -0.0755. The van der Waals surface area contributed by atoms with Crippen molar-refractivity contribution in [2.45, 2.75) is 0 Å². The molecule has 0 radical (unpaired) electrons. The summed E-state index contributed by atoms with van der Waals surface area (Å²) in [5.41, 5.74) is 4.91. The summed E-state index contributed by atoms with van der Waals surface area (Å²) in [6, 6.07) is 26.0. The first-order valence-corrected chi connectivity index (χ1v) is 10.4. The summed E-state index contributed by atoms with van der Waals surface area (Å²) in [6.45, 7) is 2.03. The number of nitrogens with zero attached hydrogens (tertiary/aromatic N) is 1. The smallest absolute Gasteiger partial charge is 0.255 e. The summed E-state index contributed by atoms with van der Waals surface area (Å²) in [5, 5.41) is 3.10. The summed E-state index contributed by atoms with van der Waals surface area (Å²) in [7, 11) is 0. The van der Waals surface area contributed by atoms with Crippen molar-refractivity contribution in [2.75, 3.05) is 34.8 Å². The molecule has 1 N–H and O–H groups in total. The first-order chi connectivity index (χ1) is 13.3. The summed E-state index contributed by atoms with van der Waals surface area (Å²) >= 11 is 1.98. The summed E-state index contributed by atoms with van der Waals surface area (Å²) in [5.74, 6) is 2.18. The molecule has 3 aromatic carbocycles. The normalized spacial score (nSPS) is 14.0. The zero-order chi connectivity index (χ0) is 18.5. The molecule has 1 amide bonds. The van der Waals surface area contributed by atoms with Gasteiger partial charge in [-0.15, -0.1) is 0 Å². The Hall–Kier alpha value is -2.72. The minimum absolute atomic E-state index is 0.0755. The van der Waals surface area contributed by atoms with Crippen molar-refractivity contribution in [1.29, 1.82) is 0 Å². The molecule has 1 aliphatic heterocycles. The molecular weight excluding hydrogens is 352 g/mol. The second-order valence-corrected chi connectivity index (χ2v) is 7.74. The lowest BCUT2D eigenvalue weighted by molar-refractivity contribution is 0.102. The Balaban J connectivity index is 1.51. The Morgan fingerprint density at radius 3 is 2.15 bits per heavy atom. The quantitative estimate of drug-likeness (QED) is 0.685. The standard InChI is InChI=1S/C23H22N2OS/c26-23(20-12-10-19(11-13-20)18-6-2-1-3-7-18)24-21-8-4-5-9-22(21)25-14-16-27-17-15-25/h1-13H,14-17H2,(H,24,26). The number of nitrogens with one attached hydrogen (secondary N) is 1. The van der Waals surface area contributed by atoms with Gasteiger partial charge in [-0.25, -0.2) is 0 Å². The van der Waals surface area contributed by atoms with Crippen LogP contribution in [0.5, 0.6) is 0 Å². The van der Waals surface area contributed by atoms with Gasteiger partial charge < -0.3 is 10.2 Å². The highest BCUT2D eigenvalue weighted by molar-refractivity contribution is 7.99. The van der Waals surface area contributed by atoms with Gasteiger partial charge in [0.05, 0.1) is 11.4 Å². The number of rotatable bonds is 4. The third-order valence-corrected chi connectivity index (χ3v) is 5.70. The van der Waals surface area contributed by atoms with Gasteiger partial charge in [0, 0.05) is 30.2 Å². The predicted octanol–water partition coefficient (Wildman–Crippen LogP) is 5.16. The van der Waals surface area contributed by atoms with Crippen LogP contribution in [0.3, 0.4) is 0 Å². The summed E-state index contributed by atoms with van der Waals surface area (Å²) < 4.78 is 0. The van der Waals surface area contributed by atoms with Crippen molar-refractivity contribution in [3.8, 4) is 11.1 Å². The first kappa shape index (κ1) is 17.7. The Kier molecular flexibility index (Phi) is 5.45. The molecule has 136 valence electrons. The molecular formula is C23H22N2OS. The summed E-state index contributed by atoms with van der Waals surface area (Å²) in [6.07, 6.45) is 0. The van der Waals surface area contributed by atoms with E-state index in [-0.39, 0.29) is 5.91 Å². The third-order valence-electron chi connectivity index (χ3n) is 4.76. The van der Waals surface area contributed by atoms with Crippen LogP contribution >= 0.6 is 11.8 Å². The van der Waals surface area contributed by atoms with E-state index in [0.717, 1.165) is 47.1 Å². The SMILES string of the molecule is O=C(Nc1ccccc1N1CCSCC1)c1ccc(-c2ccccc2)cc1. The molecule has 3 nitrogen and oxygen atoms in total. The zero-order valence-electron chi connectivity index (χ0n) is 15.1. The van der Waals surface area contributed by atoms with Crippen molar-refractivity contribution >= 4 is 29.0 Å². The minimum Gasteiger partial charge on any atom is -0.368 e. The second-order valence-electron chi connectivity index (χ2n) is 6.51. The second kappa shape index (κ2) is 8.31. The van der Waals surface area contributed by atoms with Gasteiger partial charge in [-0.1, -0.05) is 54.6 Å². The molecule has 4 rings (SSSR count). The Bertz CT molecular complexity index is 903. The maximum absolute atomic E-state index is 12.8. The van der Waals surface area contributed by atoms with Gasteiger partial charge in [0.25, 0.3) is 5.91 Å². The zero-order valence-corrected chi connectivity index (χ0v) is 15.9.